The number of hydrogen-bond acceptors (Lipinski definition) is 3. The van der Waals surface area contributed by atoms with Crippen LogP contribution in [0.4, 0.5) is 0 Å². The zero-order chi connectivity index (χ0) is 8.97. The molecule has 12 heavy (non-hydrogen) atoms. The van der Waals surface area contributed by atoms with Gasteiger partial charge in [-0.05, 0) is 25.7 Å². The third-order valence-electron chi connectivity index (χ3n) is 2.38. The van der Waals surface area contributed by atoms with E-state index in [1.165, 1.54) is 6.42 Å². The topological polar surface area (TPSA) is 46.5 Å². The Morgan fingerprint density at radius 2 is 2.33 bits per heavy atom. The Kier molecular flexibility index (Phi) is 3.53. The van der Waals surface area contributed by atoms with Gasteiger partial charge in [0, 0.05) is 0 Å². The number of carbonyl (C=O) groups excluding carboxylic acids is 1. The van der Waals surface area contributed by atoms with Crippen molar-refractivity contribution >= 4 is 5.97 Å². The number of aliphatic hydroxyl groups is 1. The van der Waals surface area contributed by atoms with Gasteiger partial charge in [-0.1, -0.05) is 6.42 Å². The van der Waals surface area contributed by atoms with Crippen molar-refractivity contribution < 1.29 is 14.6 Å². The average molecular weight is 172 g/mol. The second-order valence-corrected chi connectivity index (χ2v) is 3.27. The summed E-state index contributed by atoms with van der Waals surface area (Å²) < 4.78 is 4.73. The van der Waals surface area contributed by atoms with E-state index < -0.39 is 6.10 Å². The Hall–Kier alpha value is -0.570. The molecule has 0 aromatic heterocycles. The fourth-order valence-electron chi connectivity index (χ4n) is 1.38. The van der Waals surface area contributed by atoms with Gasteiger partial charge in [0.05, 0.1) is 19.1 Å². The summed E-state index contributed by atoms with van der Waals surface area (Å²) in [6.07, 6.45) is 2.99. The van der Waals surface area contributed by atoms with Crippen LogP contribution in [0.2, 0.25) is 0 Å². The van der Waals surface area contributed by atoms with Crippen LogP contribution < -0.4 is 0 Å². The van der Waals surface area contributed by atoms with E-state index in [2.05, 4.69) is 0 Å². The minimum atomic E-state index is -0.474. The molecule has 3 nitrogen and oxygen atoms in total. The lowest BCUT2D eigenvalue weighted by atomic mass is 9.80. The number of carbonyl (C=O) groups is 1. The normalized spacial score (nSPS) is 19.8. The van der Waals surface area contributed by atoms with Gasteiger partial charge >= 0.3 is 5.97 Å². The highest BCUT2D eigenvalue weighted by molar-refractivity contribution is 5.69. The first-order chi connectivity index (χ1) is 5.74. The van der Waals surface area contributed by atoms with Crippen LogP contribution in [0.5, 0.6) is 0 Å². The van der Waals surface area contributed by atoms with Crippen LogP contribution in [-0.2, 0) is 9.53 Å². The minimum absolute atomic E-state index is 0.165. The number of aliphatic hydroxyl groups excluding tert-OH is 1. The Balaban J connectivity index is 2.15. The molecule has 1 rings (SSSR count). The summed E-state index contributed by atoms with van der Waals surface area (Å²) in [4.78, 5) is 10.9. The van der Waals surface area contributed by atoms with Gasteiger partial charge in [0.15, 0.2) is 0 Å². The molecule has 1 aliphatic carbocycles. The summed E-state index contributed by atoms with van der Waals surface area (Å²) in [6.45, 7) is 2.17. The molecular weight excluding hydrogens is 156 g/mol. The Bertz CT molecular complexity index is 152. The van der Waals surface area contributed by atoms with Gasteiger partial charge in [0.2, 0.25) is 0 Å². The molecule has 0 aromatic rings. The van der Waals surface area contributed by atoms with Gasteiger partial charge in [-0.3, -0.25) is 4.79 Å². The molecule has 0 aromatic carbocycles. The molecule has 3 heteroatoms. The summed E-state index contributed by atoms with van der Waals surface area (Å²) in [7, 11) is 0. The van der Waals surface area contributed by atoms with Crippen LogP contribution in [0, 0.1) is 5.92 Å². The maximum Gasteiger partial charge on any atom is 0.308 e. The zero-order valence-corrected chi connectivity index (χ0v) is 7.45. The van der Waals surface area contributed by atoms with E-state index in [-0.39, 0.29) is 12.4 Å². The summed E-state index contributed by atoms with van der Waals surface area (Å²) >= 11 is 0. The standard InChI is InChI=1S/C9H16O3/c1-2-12-9(11)6-8(10)7-4-3-5-7/h7-8,10H,2-6H2,1H3. The van der Waals surface area contributed by atoms with Crippen molar-refractivity contribution in [2.75, 3.05) is 6.61 Å². The molecule has 1 fully saturated rings. The molecule has 1 N–H and O–H groups in total. The Morgan fingerprint density at radius 3 is 2.75 bits per heavy atom. The van der Waals surface area contributed by atoms with Gasteiger partial charge in [0.1, 0.15) is 0 Å². The molecule has 0 bridgehead atoms. The highest BCUT2D eigenvalue weighted by atomic mass is 16.5. The van der Waals surface area contributed by atoms with Crippen molar-refractivity contribution in [3.63, 3.8) is 0 Å². The smallest absolute Gasteiger partial charge is 0.308 e. The fourth-order valence-corrected chi connectivity index (χ4v) is 1.38. The molecule has 0 aliphatic heterocycles. The van der Waals surface area contributed by atoms with Crippen molar-refractivity contribution in [2.24, 2.45) is 5.92 Å². The molecule has 1 unspecified atom stereocenters. The van der Waals surface area contributed by atoms with E-state index in [1.807, 2.05) is 0 Å². The van der Waals surface area contributed by atoms with Crippen LogP contribution >= 0.6 is 0 Å². The molecule has 0 heterocycles. The van der Waals surface area contributed by atoms with Gasteiger partial charge < -0.3 is 9.84 Å². The summed E-state index contributed by atoms with van der Waals surface area (Å²) in [5.41, 5.74) is 0. The third kappa shape index (κ3) is 2.48. The number of rotatable bonds is 4. The molecule has 1 aliphatic rings. The first kappa shape index (κ1) is 9.52. The molecular formula is C9H16O3. The Morgan fingerprint density at radius 1 is 1.67 bits per heavy atom. The predicted molar refractivity (Wildman–Crippen MR) is 44.6 cm³/mol. The Labute approximate surface area is 72.7 Å². The number of hydrogen-bond donors (Lipinski definition) is 1. The molecule has 0 spiro atoms. The van der Waals surface area contributed by atoms with Crippen LogP contribution in [-0.4, -0.2) is 23.8 Å². The quantitative estimate of drug-likeness (QED) is 0.646. The van der Waals surface area contributed by atoms with E-state index in [0.29, 0.717) is 12.5 Å². The highest BCUT2D eigenvalue weighted by Crippen LogP contribution is 2.30. The fraction of sp³-hybridized carbons (Fsp3) is 0.889. The van der Waals surface area contributed by atoms with E-state index in [0.717, 1.165) is 12.8 Å². The highest BCUT2D eigenvalue weighted by Gasteiger charge is 2.27. The number of esters is 1. The van der Waals surface area contributed by atoms with E-state index in [1.54, 1.807) is 6.92 Å². The maximum absolute atomic E-state index is 10.9. The van der Waals surface area contributed by atoms with E-state index >= 15 is 0 Å². The van der Waals surface area contributed by atoms with Crippen molar-refractivity contribution in [2.45, 2.75) is 38.7 Å². The SMILES string of the molecule is CCOC(=O)CC(O)C1CCC1. The molecule has 0 radical (unpaired) electrons. The predicted octanol–water partition coefficient (Wildman–Crippen LogP) is 1.10. The van der Waals surface area contributed by atoms with Crippen LogP contribution in [0.25, 0.3) is 0 Å². The van der Waals surface area contributed by atoms with Crippen molar-refractivity contribution in [3.05, 3.63) is 0 Å². The maximum atomic E-state index is 10.9. The summed E-state index contributed by atoms with van der Waals surface area (Å²) in [5, 5.41) is 9.47. The monoisotopic (exact) mass is 172 g/mol. The molecule has 1 atom stereocenters. The van der Waals surface area contributed by atoms with Crippen molar-refractivity contribution in [1.29, 1.82) is 0 Å². The first-order valence-electron chi connectivity index (χ1n) is 4.57. The van der Waals surface area contributed by atoms with Gasteiger partial charge in [-0.2, -0.15) is 0 Å². The molecule has 1 saturated carbocycles. The van der Waals surface area contributed by atoms with Gasteiger partial charge in [-0.15, -0.1) is 0 Å². The van der Waals surface area contributed by atoms with Gasteiger partial charge in [0.25, 0.3) is 0 Å². The average Bonchev–Trinajstić information content (AvgIpc) is 1.82. The van der Waals surface area contributed by atoms with Crippen LogP contribution in [0.15, 0.2) is 0 Å². The van der Waals surface area contributed by atoms with Gasteiger partial charge in [-0.25, -0.2) is 0 Å². The van der Waals surface area contributed by atoms with E-state index in [4.69, 9.17) is 4.74 Å². The lowest BCUT2D eigenvalue weighted by Crippen LogP contribution is -2.29. The summed E-state index contributed by atoms with van der Waals surface area (Å²) in [6, 6.07) is 0. The lowest BCUT2D eigenvalue weighted by Gasteiger charge is -2.29. The molecule has 0 amide bonds. The van der Waals surface area contributed by atoms with Crippen LogP contribution in [0.3, 0.4) is 0 Å². The third-order valence-corrected chi connectivity index (χ3v) is 2.38. The first-order valence-corrected chi connectivity index (χ1v) is 4.57. The number of ether oxygens (including phenoxy) is 1. The largest absolute Gasteiger partial charge is 0.466 e. The van der Waals surface area contributed by atoms with Crippen molar-refractivity contribution in [1.82, 2.24) is 0 Å². The second-order valence-electron chi connectivity index (χ2n) is 3.27. The molecule has 70 valence electrons. The van der Waals surface area contributed by atoms with Crippen LogP contribution in [0.1, 0.15) is 32.6 Å². The minimum Gasteiger partial charge on any atom is -0.466 e. The van der Waals surface area contributed by atoms with Crippen molar-refractivity contribution in [3.8, 4) is 0 Å². The van der Waals surface area contributed by atoms with E-state index in [9.17, 15) is 9.90 Å². The lowest BCUT2D eigenvalue weighted by molar-refractivity contribution is -0.146. The second kappa shape index (κ2) is 4.45. The summed E-state index contributed by atoms with van der Waals surface area (Å²) in [5.74, 6) is 0.0614. The molecule has 0 saturated heterocycles. The zero-order valence-electron chi connectivity index (χ0n) is 7.45.